The van der Waals surface area contributed by atoms with Gasteiger partial charge in [-0.1, -0.05) is 0 Å². The molecule has 26 heavy (non-hydrogen) atoms. The summed E-state index contributed by atoms with van der Waals surface area (Å²) in [4.78, 5) is 25.6. The first-order valence-electron chi connectivity index (χ1n) is 8.53. The van der Waals surface area contributed by atoms with Crippen LogP contribution in [0.15, 0.2) is 24.3 Å². The van der Waals surface area contributed by atoms with Gasteiger partial charge in [-0.25, -0.2) is 0 Å². The summed E-state index contributed by atoms with van der Waals surface area (Å²) >= 11 is 0. The third kappa shape index (κ3) is 6.01. The predicted molar refractivity (Wildman–Crippen MR) is 90.5 cm³/mol. The van der Waals surface area contributed by atoms with E-state index in [-0.39, 0.29) is 30.8 Å². The maximum atomic E-state index is 12.5. The predicted octanol–water partition coefficient (Wildman–Crippen LogP) is 3.31. The van der Waals surface area contributed by atoms with Crippen molar-refractivity contribution in [2.24, 2.45) is 5.92 Å². The molecule has 0 spiro atoms. The smallest absolute Gasteiger partial charge is 0.375 e. The topological polar surface area (TPSA) is 58.6 Å². The van der Waals surface area contributed by atoms with E-state index in [9.17, 15) is 22.8 Å². The number of carbonyl (C=O) groups is 2. The normalized spacial score (nSPS) is 17.8. The van der Waals surface area contributed by atoms with Crippen molar-refractivity contribution in [3.8, 4) is 0 Å². The Bertz CT molecular complexity index is 617. The number of halogens is 3. The second-order valence-electron chi connectivity index (χ2n) is 6.44. The molecule has 2 rings (SSSR count). The third-order valence-electron chi connectivity index (χ3n) is 4.42. The molecule has 5 nitrogen and oxygen atoms in total. The minimum Gasteiger partial charge on any atom is -0.375 e. The Labute approximate surface area is 150 Å². The first-order chi connectivity index (χ1) is 12.3. The van der Waals surface area contributed by atoms with E-state index in [1.807, 2.05) is 0 Å². The van der Waals surface area contributed by atoms with Gasteiger partial charge in [0.2, 0.25) is 11.8 Å². The van der Waals surface area contributed by atoms with Gasteiger partial charge in [-0.2, -0.15) is 13.2 Å². The van der Waals surface area contributed by atoms with Crippen LogP contribution in [0, 0.1) is 5.92 Å². The highest BCUT2D eigenvalue weighted by molar-refractivity contribution is 5.90. The van der Waals surface area contributed by atoms with Crippen molar-refractivity contribution in [3.05, 3.63) is 29.8 Å². The fraction of sp³-hybridized carbons (Fsp3) is 0.556. The quantitative estimate of drug-likeness (QED) is 0.834. The highest BCUT2D eigenvalue weighted by atomic mass is 19.4. The number of rotatable bonds is 6. The summed E-state index contributed by atoms with van der Waals surface area (Å²) < 4.78 is 42.4. The number of nitrogens with zero attached hydrogens (tertiary/aromatic N) is 1. The fourth-order valence-electron chi connectivity index (χ4n) is 3.04. The lowest BCUT2D eigenvalue weighted by atomic mass is 9.93. The Morgan fingerprint density at radius 3 is 2.58 bits per heavy atom. The van der Waals surface area contributed by atoms with Gasteiger partial charge in [0, 0.05) is 32.3 Å². The Morgan fingerprint density at radius 2 is 1.96 bits per heavy atom. The van der Waals surface area contributed by atoms with Gasteiger partial charge < -0.3 is 15.0 Å². The summed E-state index contributed by atoms with van der Waals surface area (Å²) in [7, 11) is 1.48. The van der Waals surface area contributed by atoms with Crippen LogP contribution in [-0.2, 0) is 20.5 Å². The summed E-state index contributed by atoms with van der Waals surface area (Å²) in [5, 5.41) is 2.61. The second-order valence-corrected chi connectivity index (χ2v) is 6.44. The number of hydrogen-bond acceptors (Lipinski definition) is 3. The van der Waals surface area contributed by atoms with Crippen molar-refractivity contribution in [1.29, 1.82) is 0 Å². The van der Waals surface area contributed by atoms with Crippen LogP contribution in [0.4, 0.5) is 18.9 Å². The molecular formula is C18H23F3N2O3. The van der Waals surface area contributed by atoms with Crippen molar-refractivity contribution in [3.63, 3.8) is 0 Å². The largest absolute Gasteiger partial charge is 0.416 e. The summed E-state index contributed by atoms with van der Waals surface area (Å²) in [6.07, 6.45) is -1.66. The molecule has 0 aromatic heterocycles. The molecule has 1 aliphatic heterocycles. The maximum Gasteiger partial charge on any atom is 0.416 e. The van der Waals surface area contributed by atoms with E-state index in [0.29, 0.717) is 25.2 Å². The summed E-state index contributed by atoms with van der Waals surface area (Å²) in [5.41, 5.74) is -0.415. The van der Waals surface area contributed by atoms with Gasteiger partial charge in [-0.05, 0) is 49.4 Å². The average Bonchev–Trinajstić information content (AvgIpc) is 2.60. The van der Waals surface area contributed by atoms with Crippen molar-refractivity contribution in [2.75, 3.05) is 32.1 Å². The van der Waals surface area contributed by atoms with Crippen LogP contribution in [-0.4, -0.2) is 43.5 Å². The van der Waals surface area contributed by atoms with Crippen molar-refractivity contribution in [1.82, 2.24) is 4.90 Å². The zero-order valence-corrected chi connectivity index (χ0v) is 14.6. The molecule has 1 fully saturated rings. The molecule has 1 aliphatic rings. The van der Waals surface area contributed by atoms with Crippen molar-refractivity contribution in [2.45, 2.75) is 31.9 Å². The molecule has 1 aromatic carbocycles. The molecule has 1 atom stereocenters. The highest BCUT2D eigenvalue weighted by Crippen LogP contribution is 2.30. The molecule has 0 radical (unpaired) electrons. The number of piperidine rings is 1. The Hall–Kier alpha value is -2.09. The molecule has 144 valence electrons. The van der Waals surface area contributed by atoms with E-state index < -0.39 is 11.7 Å². The summed E-state index contributed by atoms with van der Waals surface area (Å²) in [6, 6.07) is 4.37. The first-order valence-corrected chi connectivity index (χ1v) is 8.53. The van der Waals surface area contributed by atoms with Crippen LogP contribution in [0.25, 0.3) is 0 Å². The van der Waals surface area contributed by atoms with Gasteiger partial charge in [0.05, 0.1) is 5.56 Å². The van der Waals surface area contributed by atoms with Gasteiger partial charge in [0.1, 0.15) is 6.61 Å². The zero-order chi connectivity index (χ0) is 19.2. The summed E-state index contributed by atoms with van der Waals surface area (Å²) in [6.45, 7) is 1.37. The van der Waals surface area contributed by atoms with Gasteiger partial charge >= 0.3 is 6.18 Å². The Balaban J connectivity index is 1.78. The van der Waals surface area contributed by atoms with E-state index in [0.717, 1.165) is 25.0 Å². The average molecular weight is 372 g/mol. The van der Waals surface area contributed by atoms with Crippen LogP contribution in [0.5, 0.6) is 0 Å². The van der Waals surface area contributed by atoms with Gasteiger partial charge in [0.25, 0.3) is 0 Å². The number of hydrogen-bond donors (Lipinski definition) is 1. The molecule has 1 N–H and O–H groups in total. The number of anilines is 1. The van der Waals surface area contributed by atoms with Crippen LogP contribution in [0.1, 0.15) is 31.2 Å². The molecule has 1 aromatic rings. The number of nitrogens with one attached hydrogen (secondary N) is 1. The zero-order valence-electron chi connectivity index (χ0n) is 14.6. The minimum absolute atomic E-state index is 0.0496. The SMILES string of the molecule is COCC(=O)N1CCC[C@H](CCC(=O)Nc2ccc(C(F)(F)F)cc2)C1. The Kier molecular flexibility index (Phi) is 7.02. The van der Waals surface area contributed by atoms with Crippen molar-refractivity contribution >= 4 is 17.5 Å². The number of methoxy groups -OCH3 is 1. The van der Waals surface area contributed by atoms with Gasteiger partial charge in [-0.3, -0.25) is 9.59 Å². The molecule has 1 saturated heterocycles. The molecular weight excluding hydrogens is 349 g/mol. The van der Waals surface area contributed by atoms with Crippen LogP contribution >= 0.6 is 0 Å². The lowest BCUT2D eigenvalue weighted by molar-refractivity contribution is -0.138. The van der Waals surface area contributed by atoms with E-state index in [2.05, 4.69) is 5.32 Å². The molecule has 0 saturated carbocycles. The number of alkyl halides is 3. The van der Waals surface area contributed by atoms with E-state index in [4.69, 9.17) is 4.74 Å². The number of carbonyl (C=O) groups excluding carboxylic acids is 2. The molecule has 2 amide bonds. The Morgan fingerprint density at radius 1 is 1.27 bits per heavy atom. The molecule has 0 bridgehead atoms. The van der Waals surface area contributed by atoms with Crippen LogP contribution < -0.4 is 5.32 Å². The van der Waals surface area contributed by atoms with Crippen LogP contribution in [0.3, 0.4) is 0 Å². The number of benzene rings is 1. The lowest BCUT2D eigenvalue weighted by Gasteiger charge is -2.32. The third-order valence-corrected chi connectivity index (χ3v) is 4.42. The summed E-state index contributed by atoms with van der Waals surface area (Å²) in [5.74, 6) is -0.0561. The standard InChI is InChI=1S/C18H23F3N2O3/c1-26-12-17(25)23-10-2-3-13(11-23)4-9-16(24)22-15-7-5-14(6-8-15)18(19,20)21/h5-8,13H,2-4,9-12H2,1H3,(H,22,24)/t13-/m1/s1. The molecule has 1 heterocycles. The number of ether oxygens (including phenoxy) is 1. The van der Waals surface area contributed by atoms with Crippen LogP contribution in [0.2, 0.25) is 0 Å². The fourth-order valence-corrected chi connectivity index (χ4v) is 3.04. The lowest BCUT2D eigenvalue weighted by Crippen LogP contribution is -2.41. The van der Waals surface area contributed by atoms with Gasteiger partial charge in [-0.15, -0.1) is 0 Å². The maximum absolute atomic E-state index is 12.5. The second kappa shape index (κ2) is 9.02. The van der Waals surface area contributed by atoms with E-state index in [1.165, 1.54) is 19.2 Å². The molecule has 0 aliphatic carbocycles. The van der Waals surface area contributed by atoms with E-state index in [1.54, 1.807) is 4.90 Å². The van der Waals surface area contributed by atoms with E-state index >= 15 is 0 Å². The molecule has 8 heteroatoms. The number of likely N-dealkylation sites (tertiary alicyclic amines) is 1. The highest BCUT2D eigenvalue weighted by Gasteiger charge is 2.30. The monoisotopic (exact) mass is 372 g/mol. The number of amides is 2. The minimum atomic E-state index is -4.39. The molecule has 0 unspecified atom stereocenters. The van der Waals surface area contributed by atoms with Gasteiger partial charge in [0.15, 0.2) is 0 Å². The first kappa shape index (κ1) is 20.2. The van der Waals surface area contributed by atoms with Crippen molar-refractivity contribution < 1.29 is 27.5 Å².